The van der Waals surface area contributed by atoms with Crippen molar-refractivity contribution in [1.82, 2.24) is 14.2 Å². The molecule has 2 unspecified atom stereocenters. The van der Waals surface area contributed by atoms with Gasteiger partial charge in [-0.25, -0.2) is 13.4 Å². The minimum Gasteiger partial charge on any atom is -0.352 e. The van der Waals surface area contributed by atoms with Crippen molar-refractivity contribution in [2.45, 2.75) is 30.0 Å². The van der Waals surface area contributed by atoms with Gasteiger partial charge >= 0.3 is 0 Å². The van der Waals surface area contributed by atoms with Crippen LogP contribution in [-0.2, 0) is 10.0 Å². The van der Waals surface area contributed by atoms with Crippen LogP contribution in [0.4, 0.5) is 5.82 Å². The molecule has 1 aromatic rings. The molecule has 0 N–H and O–H groups in total. The molecule has 0 saturated carbocycles. The summed E-state index contributed by atoms with van der Waals surface area (Å²) >= 11 is 1.97. The van der Waals surface area contributed by atoms with Gasteiger partial charge in [-0.05, 0) is 26.1 Å². The van der Waals surface area contributed by atoms with Crippen molar-refractivity contribution in [3.63, 3.8) is 0 Å². The number of anilines is 1. The van der Waals surface area contributed by atoms with Gasteiger partial charge in [0.05, 0.1) is 0 Å². The number of rotatable bonds is 3. The Labute approximate surface area is 149 Å². The Hall–Kier alpha value is -0.830. The molecule has 8 heteroatoms. The van der Waals surface area contributed by atoms with Crippen LogP contribution in [-0.4, -0.2) is 79.4 Å². The van der Waals surface area contributed by atoms with E-state index in [4.69, 9.17) is 0 Å². The van der Waals surface area contributed by atoms with Gasteiger partial charge in [0, 0.05) is 56.0 Å². The van der Waals surface area contributed by atoms with Crippen molar-refractivity contribution < 1.29 is 8.42 Å². The van der Waals surface area contributed by atoms with Gasteiger partial charge in [0.25, 0.3) is 0 Å². The first-order valence-corrected chi connectivity index (χ1v) is 10.9. The summed E-state index contributed by atoms with van der Waals surface area (Å²) < 4.78 is 27.1. The van der Waals surface area contributed by atoms with Crippen LogP contribution < -0.4 is 4.90 Å². The molecular weight excluding hydrogens is 344 g/mol. The molecule has 0 aliphatic carbocycles. The fraction of sp³-hybridized carbons (Fsp3) is 0.688. The number of hydrogen-bond donors (Lipinski definition) is 0. The summed E-state index contributed by atoms with van der Waals surface area (Å²) in [5, 5.41) is 0.550. The number of pyridine rings is 1. The zero-order valence-electron chi connectivity index (χ0n) is 14.6. The normalized spacial score (nSPS) is 27.4. The highest BCUT2D eigenvalue weighted by molar-refractivity contribution is 8.00. The highest BCUT2D eigenvalue weighted by Gasteiger charge is 2.29. The van der Waals surface area contributed by atoms with Crippen LogP contribution in [0.25, 0.3) is 0 Å². The Balaban J connectivity index is 1.76. The molecular formula is C16H26N4O2S2. The van der Waals surface area contributed by atoms with E-state index < -0.39 is 10.0 Å². The maximum absolute atomic E-state index is 12.7. The highest BCUT2D eigenvalue weighted by atomic mass is 32.2. The minimum atomic E-state index is -3.44. The molecule has 1 aromatic heterocycles. The van der Waals surface area contributed by atoms with Gasteiger partial charge < -0.3 is 9.80 Å². The minimum absolute atomic E-state index is 0.294. The van der Waals surface area contributed by atoms with Crippen LogP contribution >= 0.6 is 11.8 Å². The largest absolute Gasteiger partial charge is 0.352 e. The molecule has 0 radical (unpaired) electrons. The van der Waals surface area contributed by atoms with Crippen LogP contribution in [0, 0.1) is 0 Å². The second-order valence-corrected chi connectivity index (χ2v) is 9.99. The Kier molecular flexibility index (Phi) is 5.39. The number of piperazine rings is 1. The Morgan fingerprint density at radius 1 is 1.12 bits per heavy atom. The van der Waals surface area contributed by atoms with Crippen LogP contribution in [0.3, 0.4) is 0 Å². The molecule has 3 rings (SSSR count). The zero-order valence-corrected chi connectivity index (χ0v) is 16.2. The smallest absolute Gasteiger partial charge is 0.244 e. The predicted molar refractivity (Wildman–Crippen MR) is 99.2 cm³/mol. The van der Waals surface area contributed by atoms with Crippen LogP contribution in [0.15, 0.2) is 23.2 Å². The van der Waals surface area contributed by atoms with Crippen molar-refractivity contribution in [1.29, 1.82) is 0 Å². The third-order valence-electron chi connectivity index (χ3n) is 5.00. The molecule has 0 aromatic carbocycles. The van der Waals surface area contributed by atoms with E-state index in [-0.39, 0.29) is 0 Å². The van der Waals surface area contributed by atoms with Crippen LogP contribution in [0.5, 0.6) is 0 Å². The first-order valence-electron chi connectivity index (χ1n) is 8.42. The lowest BCUT2D eigenvalue weighted by Gasteiger charge is -2.38. The average molecular weight is 371 g/mol. The summed E-state index contributed by atoms with van der Waals surface area (Å²) in [6.07, 6.45) is 1.52. The van der Waals surface area contributed by atoms with E-state index >= 15 is 0 Å². The Morgan fingerprint density at radius 3 is 2.46 bits per heavy atom. The number of aromatic nitrogens is 1. The average Bonchev–Trinajstić information content (AvgIpc) is 2.58. The Bertz CT molecular complexity index is 657. The van der Waals surface area contributed by atoms with Gasteiger partial charge in [-0.2, -0.15) is 16.1 Å². The molecule has 0 amide bonds. The number of hydrogen-bond acceptors (Lipinski definition) is 6. The van der Waals surface area contributed by atoms with Crippen LogP contribution in [0.1, 0.15) is 13.8 Å². The summed E-state index contributed by atoms with van der Waals surface area (Å²) in [6, 6.07) is 3.95. The predicted octanol–water partition coefficient (Wildman–Crippen LogP) is 1.35. The van der Waals surface area contributed by atoms with E-state index in [1.54, 1.807) is 10.4 Å². The number of nitrogens with zero attached hydrogens (tertiary/aromatic N) is 4. The third kappa shape index (κ3) is 3.56. The van der Waals surface area contributed by atoms with E-state index in [0.717, 1.165) is 31.2 Å². The topological polar surface area (TPSA) is 56.8 Å². The summed E-state index contributed by atoms with van der Waals surface area (Å²) in [6.45, 7) is 8.00. The second kappa shape index (κ2) is 7.19. The summed E-state index contributed by atoms with van der Waals surface area (Å²) in [7, 11) is -1.42. The van der Waals surface area contributed by atoms with Gasteiger partial charge in [0.15, 0.2) is 0 Å². The van der Waals surface area contributed by atoms with Crippen molar-refractivity contribution in [3.8, 4) is 0 Å². The molecule has 6 nitrogen and oxygen atoms in total. The standard InChI is InChI=1S/C16H26N4O2S2/c1-13-14(2)23-11-10-20(13)16-5-4-15(12-17-16)24(21,22)19-8-6-18(3)7-9-19/h4-5,12-14H,6-11H2,1-3H3. The first kappa shape index (κ1) is 18.0. The van der Waals surface area contributed by atoms with Gasteiger partial charge in [-0.3, -0.25) is 0 Å². The summed E-state index contributed by atoms with van der Waals surface area (Å²) in [4.78, 5) is 9.17. The molecule has 134 valence electrons. The number of sulfonamides is 1. The second-order valence-electron chi connectivity index (χ2n) is 6.57. The van der Waals surface area contributed by atoms with E-state index in [1.807, 2.05) is 24.9 Å². The molecule has 3 heterocycles. The van der Waals surface area contributed by atoms with Crippen molar-refractivity contribution in [2.24, 2.45) is 0 Å². The fourth-order valence-corrected chi connectivity index (χ4v) is 5.60. The quantitative estimate of drug-likeness (QED) is 0.801. The van der Waals surface area contributed by atoms with E-state index in [2.05, 4.69) is 28.6 Å². The Morgan fingerprint density at radius 2 is 1.83 bits per heavy atom. The lowest BCUT2D eigenvalue weighted by atomic mass is 10.2. The number of likely N-dealkylation sites (N-methyl/N-ethyl adjacent to an activating group) is 1. The van der Waals surface area contributed by atoms with Crippen LogP contribution in [0.2, 0.25) is 0 Å². The first-order chi connectivity index (χ1) is 11.4. The highest BCUT2D eigenvalue weighted by Crippen LogP contribution is 2.28. The zero-order chi connectivity index (χ0) is 17.3. The molecule has 0 spiro atoms. The molecule has 2 aliphatic rings. The molecule has 2 atom stereocenters. The SMILES string of the molecule is CC1SCCN(c2ccc(S(=O)(=O)N3CCN(C)CC3)cn2)C1C. The van der Waals surface area contributed by atoms with Crippen molar-refractivity contribution >= 4 is 27.6 Å². The maximum Gasteiger partial charge on any atom is 0.244 e. The van der Waals surface area contributed by atoms with Gasteiger partial charge in [0.1, 0.15) is 10.7 Å². The monoisotopic (exact) mass is 370 g/mol. The van der Waals surface area contributed by atoms with E-state index in [0.29, 0.717) is 29.3 Å². The molecule has 2 fully saturated rings. The summed E-state index contributed by atoms with van der Waals surface area (Å²) in [5.41, 5.74) is 0. The summed E-state index contributed by atoms with van der Waals surface area (Å²) in [5.74, 6) is 1.95. The molecule has 2 saturated heterocycles. The lowest BCUT2D eigenvalue weighted by Crippen LogP contribution is -2.47. The van der Waals surface area contributed by atoms with Crippen molar-refractivity contribution in [3.05, 3.63) is 18.3 Å². The third-order valence-corrected chi connectivity index (χ3v) is 8.22. The van der Waals surface area contributed by atoms with Gasteiger partial charge in [-0.1, -0.05) is 6.92 Å². The lowest BCUT2D eigenvalue weighted by molar-refractivity contribution is 0.222. The number of thioether (sulfide) groups is 1. The molecule has 0 bridgehead atoms. The van der Waals surface area contributed by atoms with Crippen molar-refractivity contribution in [2.75, 3.05) is 50.4 Å². The maximum atomic E-state index is 12.7. The van der Waals surface area contributed by atoms with E-state index in [1.165, 1.54) is 6.20 Å². The molecule has 24 heavy (non-hydrogen) atoms. The van der Waals surface area contributed by atoms with Gasteiger partial charge in [0.2, 0.25) is 10.0 Å². The molecule has 2 aliphatic heterocycles. The van der Waals surface area contributed by atoms with E-state index in [9.17, 15) is 8.42 Å². The van der Waals surface area contributed by atoms with Gasteiger partial charge in [-0.15, -0.1) is 0 Å². The fourth-order valence-electron chi connectivity index (χ4n) is 3.13.